The highest BCUT2D eigenvalue weighted by atomic mass is 35.5. The number of hydrogen-bond acceptors (Lipinski definition) is 3. The molecule has 1 N–H and O–H groups in total. The van der Waals surface area contributed by atoms with E-state index in [-0.39, 0.29) is 11.9 Å². The van der Waals surface area contributed by atoms with Crippen LogP contribution in [0.2, 0.25) is 5.02 Å². The van der Waals surface area contributed by atoms with E-state index < -0.39 is 0 Å². The van der Waals surface area contributed by atoms with Crippen LogP contribution in [0.3, 0.4) is 0 Å². The summed E-state index contributed by atoms with van der Waals surface area (Å²) in [7, 11) is 0. The second-order valence-corrected chi connectivity index (χ2v) is 7.51. The van der Waals surface area contributed by atoms with E-state index in [2.05, 4.69) is 52.4 Å². The Kier molecular flexibility index (Phi) is 6.75. The van der Waals surface area contributed by atoms with Crippen LogP contribution in [0.5, 0.6) is 0 Å². The van der Waals surface area contributed by atoms with Crippen molar-refractivity contribution >= 4 is 23.2 Å². The highest BCUT2D eigenvalue weighted by molar-refractivity contribution is 6.33. The minimum absolute atomic E-state index is 0.0211. The Labute approximate surface area is 167 Å². The number of carbonyl (C=O) groups excluding carboxylic acids is 1. The molecule has 5 heteroatoms. The number of aryl methyl sites for hydroxylation is 1. The smallest absolute Gasteiger partial charge is 0.234 e. The number of hydrogen-bond donors (Lipinski definition) is 1. The molecule has 0 bridgehead atoms. The third-order valence-electron chi connectivity index (χ3n) is 5.20. The number of para-hydroxylation sites is 1. The Hall–Kier alpha value is -2.04. The van der Waals surface area contributed by atoms with Gasteiger partial charge in [-0.05, 0) is 36.6 Å². The maximum absolute atomic E-state index is 12.4. The lowest BCUT2D eigenvalue weighted by atomic mass is 10.1. The predicted octanol–water partition coefficient (Wildman–Crippen LogP) is 3.90. The van der Waals surface area contributed by atoms with E-state index in [1.165, 1.54) is 5.56 Å². The predicted molar refractivity (Wildman–Crippen MR) is 112 cm³/mol. The molecule has 0 spiro atoms. The van der Waals surface area contributed by atoms with Gasteiger partial charge in [-0.3, -0.25) is 9.69 Å². The van der Waals surface area contributed by atoms with Crippen molar-refractivity contribution in [3.05, 3.63) is 64.7 Å². The van der Waals surface area contributed by atoms with E-state index in [1.54, 1.807) is 0 Å². The molecular formula is C22H28ClN3O. The van der Waals surface area contributed by atoms with Gasteiger partial charge >= 0.3 is 0 Å². The fraction of sp³-hybridized carbons (Fsp3) is 0.409. The Morgan fingerprint density at radius 2 is 1.74 bits per heavy atom. The van der Waals surface area contributed by atoms with Crippen LogP contribution in [-0.4, -0.2) is 43.5 Å². The van der Waals surface area contributed by atoms with Crippen molar-refractivity contribution in [3.8, 4) is 0 Å². The zero-order chi connectivity index (χ0) is 19.2. The van der Waals surface area contributed by atoms with Gasteiger partial charge in [0.25, 0.3) is 0 Å². The standard InChI is InChI=1S/C22H28ClN3O/c1-3-18-8-10-19(11-9-18)17(2)24-22(27)16-25-12-14-26(15-13-25)21-7-5-4-6-20(21)23/h4-11,17H,3,12-16H2,1-2H3,(H,24,27)/t17-/m1/s1. The summed E-state index contributed by atoms with van der Waals surface area (Å²) < 4.78 is 0. The van der Waals surface area contributed by atoms with E-state index in [1.807, 2.05) is 25.1 Å². The van der Waals surface area contributed by atoms with Crippen LogP contribution < -0.4 is 10.2 Å². The van der Waals surface area contributed by atoms with E-state index >= 15 is 0 Å². The number of halogens is 1. The first-order valence-electron chi connectivity index (χ1n) is 9.67. The van der Waals surface area contributed by atoms with Gasteiger partial charge in [0.1, 0.15) is 0 Å². The molecule has 0 saturated carbocycles. The molecule has 0 aromatic heterocycles. The largest absolute Gasteiger partial charge is 0.368 e. The minimum Gasteiger partial charge on any atom is -0.368 e. The van der Waals surface area contributed by atoms with Gasteiger partial charge in [-0.25, -0.2) is 0 Å². The number of nitrogens with one attached hydrogen (secondary N) is 1. The van der Waals surface area contributed by atoms with Crippen LogP contribution >= 0.6 is 11.6 Å². The maximum Gasteiger partial charge on any atom is 0.234 e. The molecule has 1 aliphatic heterocycles. The Morgan fingerprint density at radius 3 is 2.37 bits per heavy atom. The summed E-state index contributed by atoms with van der Waals surface area (Å²) >= 11 is 6.29. The van der Waals surface area contributed by atoms with Crippen LogP contribution in [0, 0.1) is 0 Å². The van der Waals surface area contributed by atoms with Gasteiger partial charge in [-0.15, -0.1) is 0 Å². The number of amides is 1. The van der Waals surface area contributed by atoms with E-state index in [0.717, 1.165) is 48.9 Å². The summed E-state index contributed by atoms with van der Waals surface area (Å²) in [4.78, 5) is 16.9. The summed E-state index contributed by atoms with van der Waals surface area (Å²) in [5.41, 5.74) is 3.53. The van der Waals surface area contributed by atoms with Crippen molar-refractivity contribution in [2.24, 2.45) is 0 Å². The van der Waals surface area contributed by atoms with Crippen LogP contribution in [0.15, 0.2) is 48.5 Å². The number of piperazine rings is 1. The summed E-state index contributed by atoms with van der Waals surface area (Å²) in [5.74, 6) is 0.0771. The molecule has 1 heterocycles. The van der Waals surface area contributed by atoms with Crippen molar-refractivity contribution in [2.75, 3.05) is 37.6 Å². The molecule has 3 rings (SSSR count). The molecule has 0 radical (unpaired) electrons. The van der Waals surface area contributed by atoms with Crippen LogP contribution in [0.1, 0.15) is 31.0 Å². The molecule has 0 aliphatic carbocycles. The normalized spacial score (nSPS) is 16.2. The third-order valence-corrected chi connectivity index (χ3v) is 5.52. The first-order valence-corrected chi connectivity index (χ1v) is 10.0. The van der Waals surface area contributed by atoms with Gasteiger partial charge in [0, 0.05) is 26.2 Å². The van der Waals surface area contributed by atoms with E-state index in [0.29, 0.717) is 6.54 Å². The second-order valence-electron chi connectivity index (χ2n) is 7.10. The molecule has 144 valence electrons. The van der Waals surface area contributed by atoms with Gasteiger partial charge in [-0.1, -0.05) is 54.9 Å². The number of carbonyl (C=O) groups is 1. The summed E-state index contributed by atoms with van der Waals surface area (Å²) in [6, 6.07) is 16.4. The molecular weight excluding hydrogens is 358 g/mol. The Bertz CT molecular complexity index is 754. The topological polar surface area (TPSA) is 35.6 Å². The first-order chi connectivity index (χ1) is 13.1. The quantitative estimate of drug-likeness (QED) is 0.819. The molecule has 27 heavy (non-hydrogen) atoms. The highest BCUT2D eigenvalue weighted by Gasteiger charge is 2.21. The van der Waals surface area contributed by atoms with Crippen molar-refractivity contribution in [1.82, 2.24) is 10.2 Å². The average Bonchev–Trinajstić information content (AvgIpc) is 2.69. The fourth-order valence-corrected chi connectivity index (χ4v) is 3.73. The van der Waals surface area contributed by atoms with Gasteiger partial charge in [0.2, 0.25) is 5.91 Å². The number of benzene rings is 2. The van der Waals surface area contributed by atoms with Crippen molar-refractivity contribution in [2.45, 2.75) is 26.3 Å². The maximum atomic E-state index is 12.4. The first kappa shape index (κ1) is 19.7. The minimum atomic E-state index is 0.0211. The van der Waals surface area contributed by atoms with Crippen molar-refractivity contribution < 1.29 is 4.79 Å². The average molecular weight is 386 g/mol. The number of rotatable bonds is 6. The van der Waals surface area contributed by atoms with Crippen molar-refractivity contribution in [3.63, 3.8) is 0 Å². The van der Waals surface area contributed by atoms with Crippen LogP contribution in [0.25, 0.3) is 0 Å². The molecule has 1 aliphatic rings. The Morgan fingerprint density at radius 1 is 1.07 bits per heavy atom. The van der Waals surface area contributed by atoms with Gasteiger partial charge in [0.05, 0.1) is 23.3 Å². The molecule has 2 aromatic rings. The molecule has 2 aromatic carbocycles. The summed E-state index contributed by atoms with van der Waals surface area (Å²) in [5, 5.41) is 3.90. The molecule has 1 atom stereocenters. The lowest BCUT2D eigenvalue weighted by Crippen LogP contribution is -2.49. The fourth-order valence-electron chi connectivity index (χ4n) is 3.47. The number of anilines is 1. The van der Waals surface area contributed by atoms with Crippen LogP contribution in [-0.2, 0) is 11.2 Å². The third kappa shape index (κ3) is 5.24. The van der Waals surface area contributed by atoms with E-state index in [9.17, 15) is 4.79 Å². The van der Waals surface area contributed by atoms with Gasteiger partial charge in [-0.2, -0.15) is 0 Å². The summed E-state index contributed by atoms with van der Waals surface area (Å²) in [6.45, 7) is 8.10. The van der Waals surface area contributed by atoms with Gasteiger partial charge in [0.15, 0.2) is 0 Å². The monoisotopic (exact) mass is 385 g/mol. The molecule has 0 unspecified atom stereocenters. The molecule has 1 saturated heterocycles. The second kappa shape index (κ2) is 9.25. The Balaban J connectivity index is 1.47. The van der Waals surface area contributed by atoms with Gasteiger partial charge < -0.3 is 10.2 Å². The number of nitrogens with zero attached hydrogens (tertiary/aromatic N) is 2. The molecule has 1 fully saturated rings. The van der Waals surface area contributed by atoms with E-state index in [4.69, 9.17) is 11.6 Å². The van der Waals surface area contributed by atoms with Crippen molar-refractivity contribution in [1.29, 1.82) is 0 Å². The SMILES string of the molecule is CCc1ccc([C@@H](C)NC(=O)CN2CCN(c3ccccc3Cl)CC2)cc1. The molecule has 4 nitrogen and oxygen atoms in total. The molecule has 1 amide bonds. The lowest BCUT2D eigenvalue weighted by molar-refractivity contribution is -0.123. The zero-order valence-electron chi connectivity index (χ0n) is 16.1. The zero-order valence-corrected chi connectivity index (χ0v) is 16.9. The lowest BCUT2D eigenvalue weighted by Gasteiger charge is -2.36. The van der Waals surface area contributed by atoms with Crippen LogP contribution in [0.4, 0.5) is 5.69 Å². The summed E-state index contributed by atoms with van der Waals surface area (Å²) in [6.07, 6.45) is 1.03. The highest BCUT2D eigenvalue weighted by Crippen LogP contribution is 2.26.